The van der Waals surface area contributed by atoms with Crippen molar-refractivity contribution in [1.82, 2.24) is 5.32 Å². The summed E-state index contributed by atoms with van der Waals surface area (Å²) in [6.45, 7) is 3.99. The van der Waals surface area contributed by atoms with E-state index in [1.165, 1.54) is 12.1 Å². The van der Waals surface area contributed by atoms with Crippen LogP contribution in [0.3, 0.4) is 0 Å². The van der Waals surface area contributed by atoms with Crippen molar-refractivity contribution in [3.05, 3.63) is 29.8 Å². The van der Waals surface area contributed by atoms with Gasteiger partial charge in [-0.2, -0.15) is 0 Å². The molecule has 0 aliphatic heterocycles. The Morgan fingerprint density at radius 3 is 2.61 bits per heavy atom. The van der Waals surface area contributed by atoms with Crippen molar-refractivity contribution in [2.45, 2.75) is 19.4 Å². The van der Waals surface area contributed by atoms with Crippen LogP contribution in [-0.2, 0) is 15.1 Å². The van der Waals surface area contributed by atoms with Crippen LogP contribution in [0.15, 0.2) is 24.3 Å². The monoisotopic (exact) mass is 247 g/mol. The maximum absolute atomic E-state index is 12.0. The largest absolute Gasteiger partial charge is 0.508 e. The van der Waals surface area contributed by atoms with Crippen LogP contribution in [0.1, 0.15) is 19.4 Å². The van der Waals surface area contributed by atoms with Crippen LogP contribution in [0, 0.1) is 12.3 Å². The van der Waals surface area contributed by atoms with E-state index in [4.69, 9.17) is 11.2 Å². The molecule has 0 bridgehead atoms. The summed E-state index contributed by atoms with van der Waals surface area (Å²) in [5, 5.41) is 12.2. The Morgan fingerprint density at radius 2 is 2.11 bits per heavy atom. The van der Waals surface area contributed by atoms with E-state index in [1.54, 1.807) is 26.0 Å². The van der Waals surface area contributed by atoms with Gasteiger partial charge in [0, 0.05) is 0 Å². The van der Waals surface area contributed by atoms with Crippen LogP contribution in [-0.4, -0.2) is 24.2 Å². The number of carbonyl (C=O) groups excluding carboxylic acids is 1. The van der Waals surface area contributed by atoms with Gasteiger partial charge in [0.05, 0.1) is 13.2 Å². The zero-order chi connectivity index (χ0) is 13.6. The highest BCUT2D eigenvalue weighted by Crippen LogP contribution is 2.24. The highest BCUT2D eigenvalue weighted by molar-refractivity contribution is 5.82. The van der Waals surface area contributed by atoms with Crippen LogP contribution in [0.4, 0.5) is 0 Å². The van der Waals surface area contributed by atoms with E-state index in [-0.39, 0.29) is 12.3 Å². The molecule has 1 aromatic rings. The minimum absolute atomic E-state index is 0.141. The summed E-state index contributed by atoms with van der Waals surface area (Å²) in [4.78, 5) is 12.0. The van der Waals surface area contributed by atoms with E-state index in [0.29, 0.717) is 12.2 Å². The number of hydrogen-bond donors (Lipinski definition) is 2. The highest BCUT2D eigenvalue weighted by Gasteiger charge is 2.36. The number of terminal acetylenes is 1. The number of esters is 1. The van der Waals surface area contributed by atoms with E-state index in [0.717, 1.165) is 0 Å². The molecule has 0 heterocycles. The molecule has 0 saturated heterocycles. The molecule has 0 radical (unpaired) electrons. The topological polar surface area (TPSA) is 58.6 Å². The summed E-state index contributed by atoms with van der Waals surface area (Å²) in [6.07, 6.45) is 5.21. The number of nitrogens with one attached hydrogen (secondary N) is 1. The third kappa shape index (κ3) is 3.02. The first-order chi connectivity index (χ1) is 8.54. The normalized spacial score (nSPS) is 13.4. The molecule has 0 aromatic heterocycles. The molecule has 4 heteroatoms. The predicted octanol–water partition coefficient (Wildman–Crippen LogP) is 1.39. The van der Waals surface area contributed by atoms with Crippen LogP contribution in [0.25, 0.3) is 0 Å². The summed E-state index contributed by atoms with van der Waals surface area (Å²) in [7, 11) is 0. The quantitative estimate of drug-likeness (QED) is 0.610. The lowest BCUT2D eigenvalue weighted by Gasteiger charge is -2.28. The lowest BCUT2D eigenvalue weighted by Crippen LogP contribution is -2.47. The molecule has 0 amide bonds. The van der Waals surface area contributed by atoms with Crippen LogP contribution >= 0.6 is 0 Å². The van der Waals surface area contributed by atoms with E-state index in [9.17, 15) is 9.90 Å². The number of ether oxygens (including phenoxy) is 1. The van der Waals surface area contributed by atoms with Gasteiger partial charge < -0.3 is 9.84 Å². The fourth-order valence-corrected chi connectivity index (χ4v) is 1.59. The molecule has 1 unspecified atom stereocenters. The first-order valence-corrected chi connectivity index (χ1v) is 5.69. The van der Waals surface area contributed by atoms with Crippen molar-refractivity contribution in [1.29, 1.82) is 0 Å². The fraction of sp³-hybridized carbons (Fsp3) is 0.357. The minimum Gasteiger partial charge on any atom is -0.508 e. The lowest BCUT2D eigenvalue weighted by molar-refractivity contribution is -0.150. The summed E-state index contributed by atoms with van der Waals surface area (Å²) < 4.78 is 5.06. The van der Waals surface area contributed by atoms with Gasteiger partial charge in [-0.1, -0.05) is 18.1 Å². The van der Waals surface area contributed by atoms with Crippen LogP contribution in [0.5, 0.6) is 5.75 Å². The maximum atomic E-state index is 12.0. The Bertz CT molecular complexity index is 447. The molecular formula is C14H17NO3. The number of benzene rings is 1. The fourth-order valence-electron chi connectivity index (χ4n) is 1.59. The van der Waals surface area contributed by atoms with Gasteiger partial charge in [-0.25, -0.2) is 4.79 Å². The van der Waals surface area contributed by atoms with Gasteiger partial charge in [0.1, 0.15) is 11.3 Å². The average Bonchev–Trinajstić information content (AvgIpc) is 2.37. The average molecular weight is 247 g/mol. The van der Waals surface area contributed by atoms with Gasteiger partial charge in [-0.3, -0.25) is 5.32 Å². The second-order valence-electron chi connectivity index (χ2n) is 3.95. The molecule has 18 heavy (non-hydrogen) atoms. The third-order valence-electron chi connectivity index (χ3n) is 2.67. The summed E-state index contributed by atoms with van der Waals surface area (Å²) in [5.41, 5.74) is -0.329. The first-order valence-electron chi connectivity index (χ1n) is 5.69. The zero-order valence-electron chi connectivity index (χ0n) is 10.6. The van der Waals surface area contributed by atoms with E-state index in [2.05, 4.69) is 11.2 Å². The van der Waals surface area contributed by atoms with E-state index < -0.39 is 11.5 Å². The number of rotatable bonds is 5. The van der Waals surface area contributed by atoms with Crippen LogP contribution < -0.4 is 5.32 Å². The smallest absolute Gasteiger partial charge is 0.330 e. The van der Waals surface area contributed by atoms with Gasteiger partial charge in [0.25, 0.3) is 0 Å². The number of hydrogen-bond acceptors (Lipinski definition) is 4. The van der Waals surface area contributed by atoms with Crippen molar-refractivity contribution in [2.24, 2.45) is 0 Å². The summed E-state index contributed by atoms with van der Waals surface area (Å²) in [6, 6.07) is 6.36. The summed E-state index contributed by atoms with van der Waals surface area (Å²) >= 11 is 0. The molecule has 0 fully saturated rings. The molecule has 1 rings (SSSR count). The molecule has 0 saturated carbocycles. The SMILES string of the molecule is C#CCNC(C)(C(=O)OCC)c1ccc(O)cc1. The summed E-state index contributed by atoms with van der Waals surface area (Å²) in [5.74, 6) is 2.18. The molecule has 0 spiro atoms. The molecular weight excluding hydrogens is 230 g/mol. The van der Waals surface area contributed by atoms with Crippen molar-refractivity contribution < 1.29 is 14.6 Å². The van der Waals surface area contributed by atoms with E-state index >= 15 is 0 Å². The maximum Gasteiger partial charge on any atom is 0.330 e. The van der Waals surface area contributed by atoms with Crippen molar-refractivity contribution >= 4 is 5.97 Å². The molecule has 0 aliphatic carbocycles. The third-order valence-corrected chi connectivity index (χ3v) is 2.67. The Labute approximate surface area is 107 Å². The Balaban J connectivity index is 3.07. The van der Waals surface area contributed by atoms with Gasteiger partial charge in [0.2, 0.25) is 0 Å². The second-order valence-corrected chi connectivity index (χ2v) is 3.95. The Kier molecular flexibility index (Phi) is 4.75. The van der Waals surface area contributed by atoms with Gasteiger partial charge in [-0.15, -0.1) is 6.42 Å². The Hall–Kier alpha value is -1.99. The lowest BCUT2D eigenvalue weighted by atomic mass is 9.92. The zero-order valence-corrected chi connectivity index (χ0v) is 10.6. The highest BCUT2D eigenvalue weighted by atomic mass is 16.5. The molecule has 4 nitrogen and oxygen atoms in total. The predicted molar refractivity (Wildman–Crippen MR) is 68.9 cm³/mol. The molecule has 1 aromatic carbocycles. The Morgan fingerprint density at radius 1 is 1.50 bits per heavy atom. The van der Waals surface area contributed by atoms with Crippen molar-refractivity contribution in [3.63, 3.8) is 0 Å². The molecule has 0 aliphatic rings. The standard InChI is InChI=1S/C14H17NO3/c1-4-10-15-14(3,13(17)18-5-2)11-6-8-12(16)9-7-11/h1,6-9,15-16H,5,10H2,2-3H3. The second kappa shape index (κ2) is 6.08. The number of aromatic hydroxyl groups is 1. The first kappa shape index (κ1) is 14.1. The van der Waals surface area contributed by atoms with Gasteiger partial charge >= 0.3 is 5.97 Å². The van der Waals surface area contributed by atoms with Crippen molar-refractivity contribution in [3.8, 4) is 18.1 Å². The minimum atomic E-state index is -1.02. The number of carbonyl (C=O) groups is 1. The molecule has 2 N–H and O–H groups in total. The van der Waals surface area contributed by atoms with E-state index in [1.807, 2.05) is 0 Å². The van der Waals surface area contributed by atoms with Crippen molar-refractivity contribution in [2.75, 3.05) is 13.2 Å². The molecule has 1 atom stereocenters. The number of phenols is 1. The number of phenolic OH excluding ortho intramolecular Hbond substituents is 1. The van der Waals surface area contributed by atoms with Gasteiger partial charge in [-0.05, 0) is 31.5 Å². The molecule has 96 valence electrons. The van der Waals surface area contributed by atoms with Gasteiger partial charge in [0.15, 0.2) is 0 Å². The van der Waals surface area contributed by atoms with Crippen LogP contribution in [0.2, 0.25) is 0 Å².